The summed E-state index contributed by atoms with van der Waals surface area (Å²) in [4.78, 5) is 19.2. The number of allylic oxidation sites excluding steroid dienone is 1. The molecular weight excluding hydrogens is 452 g/mol. The van der Waals surface area contributed by atoms with E-state index in [9.17, 15) is 4.79 Å². The fourth-order valence-electron chi connectivity index (χ4n) is 4.18. The summed E-state index contributed by atoms with van der Waals surface area (Å²) in [6.07, 6.45) is 1.66. The molecule has 0 fully saturated rings. The quantitative estimate of drug-likeness (QED) is 0.507. The number of aromatic nitrogens is 2. The van der Waals surface area contributed by atoms with E-state index in [0.717, 1.165) is 5.56 Å². The number of fused-ring (bicyclic) bond motifs is 1. The van der Waals surface area contributed by atoms with Crippen LogP contribution in [0.5, 0.6) is 23.0 Å². The maximum absolute atomic E-state index is 13.0. The van der Waals surface area contributed by atoms with Gasteiger partial charge in [-0.05, 0) is 42.8 Å². The zero-order chi connectivity index (χ0) is 24.5. The number of hydrogen-bond acceptors (Lipinski definition) is 8. The first-order chi connectivity index (χ1) is 17.0. The number of carbonyl (C=O) groups is 1. The lowest BCUT2D eigenvalue weighted by atomic mass is 9.94. The van der Waals surface area contributed by atoms with Crippen LogP contribution in [0.4, 0.5) is 4.79 Å². The lowest BCUT2D eigenvalue weighted by Gasteiger charge is -2.34. The average molecular weight is 476 g/mol. The van der Waals surface area contributed by atoms with Crippen molar-refractivity contribution in [3.05, 3.63) is 66.2 Å². The van der Waals surface area contributed by atoms with Crippen LogP contribution in [-0.4, -0.2) is 48.6 Å². The first-order valence-electron chi connectivity index (χ1n) is 10.9. The molecule has 10 heteroatoms. The molecule has 1 unspecified atom stereocenters. The Balaban J connectivity index is 1.59. The predicted octanol–water partition coefficient (Wildman–Crippen LogP) is 4.17. The monoisotopic (exact) mass is 476 g/mol. The standard InChI is InChI=1S/C25H24N4O6/c1-5-10-29-14(2)21(22(26-25(29)30)15-6-8-17(31-3)19(11-15)32-4)24-27-23(28-35-24)16-7-9-18-20(12-16)34-13-33-18/h5-9,11-12,22H,1,10,13H2,2-4H3,(H,26,30). The molecule has 2 aromatic carbocycles. The highest BCUT2D eigenvalue weighted by molar-refractivity contribution is 5.87. The topological polar surface area (TPSA) is 108 Å². The summed E-state index contributed by atoms with van der Waals surface area (Å²) >= 11 is 0. The van der Waals surface area contributed by atoms with Gasteiger partial charge in [0.25, 0.3) is 5.89 Å². The van der Waals surface area contributed by atoms with Gasteiger partial charge in [-0.3, -0.25) is 4.90 Å². The number of nitrogens with one attached hydrogen (secondary N) is 1. The minimum atomic E-state index is -0.562. The van der Waals surface area contributed by atoms with Crippen molar-refractivity contribution in [3.8, 4) is 34.4 Å². The summed E-state index contributed by atoms with van der Waals surface area (Å²) in [6.45, 7) is 6.10. The zero-order valence-electron chi connectivity index (χ0n) is 19.5. The van der Waals surface area contributed by atoms with Crippen molar-refractivity contribution in [2.75, 3.05) is 27.6 Å². The van der Waals surface area contributed by atoms with Crippen LogP contribution in [0.3, 0.4) is 0 Å². The Morgan fingerprint density at radius 1 is 1.14 bits per heavy atom. The molecule has 5 rings (SSSR count). The normalized spacial score (nSPS) is 16.8. The van der Waals surface area contributed by atoms with Crippen LogP contribution >= 0.6 is 0 Å². The largest absolute Gasteiger partial charge is 0.493 e. The van der Waals surface area contributed by atoms with Gasteiger partial charge in [0.1, 0.15) is 0 Å². The van der Waals surface area contributed by atoms with Gasteiger partial charge in [0.15, 0.2) is 23.0 Å². The van der Waals surface area contributed by atoms with E-state index in [2.05, 4.69) is 22.0 Å². The Kier molecular flexibility index (Phi) is 5.77. The maximum atomic E-state index is 13.0. The molecule has 0 saturated carbocycles. The molecule has 180 valence electrons. The van der Waals surface area contributed by atoms with Gasteiger partial charge >= 0.3 is 6.03 Å². The van der Waals surface area contributed by atoms with E-state index in [0.29, 0.717) is 52.2 Å². The van der Waals surface area contributed by atoms with Crippen molar-refractivity contribution in [2.45, 2.75) is 13.0 Å². The highest BCUT2D eigenvalue weighted by atomic mass is 16.7. The Labute approximate surface area is 201 Å². The summed E-state index contributed by atoms with van der Waals surface area (Å²) in [5, 5.41) is 7.23. The average Bonchev–Trinajstić information content (AvgIpc) is 3.55. The van der Waals surface area contributed by atoms with E-state index in [4.69, 9.17) is 23.5 Å². The summed E-state index contributed by atoms with van der Waals surface area (Å²) in [5.41, 5.74) is 2.83. The molecule has 2 amide bonds. The molecule has 10 nitrogen and oxygen atoms in total. The molecule has 0 aliphatic carbocycles. The van der Waals surface area contributed by atoms with Crippen molar-refractivity contribution >= 4 is 11.6 Å². The Morgan fingerprint density at radius 2 is 1.94 bits per heavy atom. The molecule has 1 aromatic heterocycles. The van der Waals surface area contributed by atoms with Crippen LogP contribution in [0, 0.1) is 0 Å². The summed E-state index contributed by atoms with van der Waals surface area (Å²) in [6, 6.07) is 10.1. The van der Waals surface area contributed by atoms with Gasteiger partial charge in [0.2, 0.25) is 12.6 Å². The molecule has 1 atom stereocenters. The molecule has 0 radical (unpaired) electrons. The third kappa shape index (κ3) is 3.92. The second-order valence-electron chi connectivity index (χ2n) is 7.89. The number of benzene rings is 2. The van der Waals surface area contributed by atoms with Crippen molar-refractivity contribution in [1.82, 2.24) is 20.4 Å². The van der Waals surface area contributed by atoms with E-state index in [-0.39, 0.29) is 18.7 Å². The molecule has 0 saturated heterocycles. The van der Waals surface area contributed by atoms with Gasteiger partial charge in [-0.15, -0.1) is 6.58 Å². The second-order valence-corrected chi connectivity index (χ2v) is 7.89. The first kappa shape index (κ1) is 22.3. The zero-order valence-corrected chi connectivity index (χ0v) is 19.5. The molecule has 0 spiro atoms. The number of urea groups is 1. The summed E-state index contributed by atoms with van der Waals surface area (Å²) in [7, 11) is 3.13. The summed E-state index contributed by atoms with van der Waals surface area (Å²) < 4.78 is 27.4. The minimum Gasteiger partial charge on any atom is -0.493 e. The Hall–Kier alpha value is -4.47. The van der Waals surface area contributed by atoms with Crippen LogP contribution < -0.4 is 24.3 Å². The molecule has 3 heterocycles. The van der Waals surface area contributed by atoms with Gasteiger partial charge in [-0.2, -0.15) is 4.98 Å². The lowest BCUT2D eigenvalue weighted by molar-refractivity contribution is 0.174. The highest BCUT2D eigenvalue weighted by Gasteiger charge is 2.36. The number of carbonyl (C=O) groups excluding carboxylic acids is 1. The van der Waals surface area contributed by atoms with Crippen LogP contribution in [0.15, 0.2) is 59.3 Å². The lowest BCUT2D eigenvalue weighted by Crippen LogP contribution is -2.46. The van der Waals surface area contributed by atoms with E-state index < -0.39 is 6.04 Å². The highest BCUT2D eigenvalue weighted by Crippen LogP contribution is 2.41. The third-order valence-electron chi connectivity index (χ3n) is 5.94. The second kappa shape index (κ2) is 9.05. The number of amides is 2. The number of ether oxygens (including phenoxy) is 4. The van der Waals surface area contributed by atoms with Gasteiger partial charge in [-0.25, -0.2) is 4.79 Å². The van der Waals surface area contributed by atoms with Gasteiger partial charge in [0.05, 0.1) is 25.8 Å². The Morgan fingerprint density at radius 3 is 2.71 bits per heavy atom. The molecular formula is C25H24N4O6. The van der Waals surface area contributed by atoms with Gasteiger partial charge in [-0.1, -0.05) is 17.3 Å². The molecule has 0 bridgehead atoms. The molecule has 3 aromatic rings. The van der Waals surface area contributed by atoms with E-state index in [1.165, 1.54) is 0 Å². The molecule has 2 aliphatic rings. The van der Waals surface area contributed by atoms with E-state index in [1.54, 1.807) is 43.4 Å². The number of nitrogens with zero attached hydrogens (tertiary/aromatic N) is 3. The van der Waals surface area contributed by atoms with Crippen LogP contribution in [0.2, 0.25) is 0 Å². The van der Waals surface area contributed by atoms with E-state index in [1.807, 2.05) is 25.1 Å². The van der Waals surface area contributed by atoms with Crippen molar-refractivity contribution in [1.29, 1.82) is 0 Å². The van der Waals surface area contributed by atoms with Gasteiger partial charge in [0, 0.05) is 17.8 Å². The van der Waals surface area contributed by atoms with Crippen LogP contribution in [0.1, 0.15) is 24.4 Å². The SMILES string of the molecule is C=CCN1C(=O)NC(c2ccc(OC)c(OC)c2)C(c2nc(-c3ccc4c(c3)OCO4)no2)=C1C. The fraction of sp³-hybridized carbons (Fsp3) is 0.240. The van der Waals surface area contributed by atoms with E-state index >= 15 is 0 Å². The first-order valence-corrected chi connectivity index (χ1v) is 10.9. The fourth-order valence-corrected chi connectivity index (χ4v) is 4.18. The minimum absolute atomic E-state index is 0.175. The molecule has 2 aliphatic heterocycles. The van der Waals surface area contributed by atoms with Gasteiger partial charge < -0.3 is 28.8 Å². The number of rotatable bonds is 7. The smallest absolute Gasteiger partial charge is 0.322 e. The number of methoxy groups -OCH3 is 2. The molecule has 1 N–H and O–H groups in total. The Bertz CT molecular complexity index is 1330. The van der Waals surface area contributed by atoms with Crippen molar-refractivity contribution in [3.63, 3.8) is 0 Å². The van der Waals surface area contributed by atoms with Crippen molar-refractivity contribution < 1.29 is 28.3 Å². The maximum Gasteiger partial charge on any atom is 0.322 e. The predicted molar refractivity (Wildman–Crippen MR) is 126 cm³/mol. The summed E-state index contributed by atoms with van der Waals surface area (Å²) in [5.74, 6) is 3.07. The molecule has 35 heavy (non-hydrogen) atoms. The third-order valence-corrected chi connectivity index (χ3v) is 5.94. The van der Waals surface area contributed by atoms with Crippen LogP contribution in [0.25, 0.3) is 17.0 Å². The van der Waals surface area contributed by atoms with Crippen LogP contribution in [-0.2, 0) is 0 Å². The number of hydrogen-bond donors (Lipinski definition) is 1. The van der Waals surface area contributed by atoms with Crippen molar-refractivity contribution in [2.24, 2.45) is 0 Å².